The quantitative estimate of drug-likeness (QED) is 0.621. The van der Waals surface area contributed by atoms with E-state index in [-0.39, 0.29) is 10.8 Å². The average molecular weight is 425 g/mol. The maximum atomic E-state index is 13.4. The summed E-state index contributed by atoms with van der Waals surface area (Å²) >= 11 is 0. The van der Waals surface area contributed by atoms with Crippen LogP contribution in [0.2, 0.25) is 0 Å². The lowest BCUT2D eigenvalue weighted by atomic mass is 10.0. The molecule has 1 aliphatic heterocycles. The lowest BCUT2D eigenvalue weighted by Gasteiger charge is -2.30. The number of hydrogen-bond acceptors (Lipinski definition) is 4. The average Bonchev–Trinajstić information content (AvgIpc) is 3.17. The Kier molecular flexibility index (Phi) is 5.39. The molecular weight excluding hydrogens is 400 g/mol. The van der Waals surface area contributed by atoms with Crippen LogP contribution in [-0.2, 0) is 23.0 Å². The number of fused-ring (bicyclic) bond motifs is 1. The highest BCUT2D eigenvalue weighted by molar-refractivity contribution is 7.92. The van der Waals surface area contributed by atoms with Gasteiger partial charge in [-0.1, -0.05) is 24.3 Å². The second-order valence-corrected chi connectivity index (χ2v) is 9.37. The SMILES string of the molecule is Cc1ccc(CN(C)C(=O)c2cccc(S(=O)(=O)N3CCCc4ccccc43)c2)o1. The van der Waals surface area contributed by atoms with Crippen molar-refractivity contribution in [3.63, 3.8) is 0 Å². The molecular formula is C23H24N2O4S. The van der Waals surface area contributed by atoms with E-state index >= 15 is 0 Å². The lowest BCUT2D eigenvalue weighted by Crippen LogP contribution is -2.35. The van der Waals surface area contributed by atoms with Gasteiger partial charge in [0.1, 0.15) is 11.5 Å². The standard InChI is InChI=1S/C23H24N2O4S/c1-17-12-13-20(29-17)16-24(2)23(26)19-8-5-10-21(15-19)30(27,28)25-14-6-9-18-7-3-4-11-22(18)25/h3-5,7-8,10-13,15H,6,9,14,16H2,1-2H3. The Labute approximate surface area is 176 Å². The number of rotatable bonds is 5. The number of hydrogen-bond donors (Lipinski definition) is 0. The van der Waals surface area contributed by atoms with Crippen LogP contribution in [-0.4, -0.2) is 32.8 Å². The molecule has 7 heteroatoms. The van der Waals surface area contributed by atoms with Gasteiger partial charge in [-0.25, -0.2) is 8.42 Å². The number of amides is 1. The molecule has 2 heterocycles. The number of nitrogens with zero attached hydrogens (tertiary/aromatic N) is 2. The van der Waals surface area contributed by atoms with Gasteiger partial charge in [-0.2, -0.15) is 0 Å². The van der Waals surface area contributed by atoms with Crippen LogP contribution in [0.1, 0.15) is 33.9 Å². The topological polar surface area (TPSA) is 70.8 Å². The minimum Gasteiger partial charge on any atom is -0.464 e. The molecule has 0 atom stereocenters. The molecule has 0 spiro atoms. The predicted molar refractivity (Wildman–Crippen MR) is 115 cm³/mol. The lowest BCUT2D eigenvalue weighted by molar-refractivity contribution is 0.0774. The molecule has 0 saturated heterocycles. The third kappa shape index (κ3) is 3.85. The van der Waals surface area contributed by atoms with Gasteiger partial charge in [0, 0.05) is 19.2 Å². The van der Waals surface area contributed by atoms with Crippen LogP contribution in [0.4, 0.5) is 5.69 Å². The number of sulfonamides is 1. The van der Waals surface area contributed by atoms with Crippen molar-refractivity contribution >= 4 is 21.6 Å². The van der Waals surface area contributed by atoms with Gasteiger partial charge in [-0.15, -0.1) is 0 Å². The van der Waals surface area contributed by atoms with Gasteiger partial charge >= 0.3 is 0 Å². The Morgan fingerprint density at radius 1 is 1.10 bits per heavy atom. The molecule has 0 saturated carbocycles. The maximum Gasteiger partial charge on any atom is 0.264 e. The van der Waals surface area contributed by atoms with E-state index < -0.39 is 10.0 Å². The molecule has 4 rings (SSSR count). The largest absolute Gasteiger partial charge is 0.464 e. The van der Waals surface area contributed by atoms with Gasteiger partial charge in [-0.3, -0.25) is 9.10 Å². The first kappa shape index (κ1) is 20.2. The smallest absolute Gasteiger partial charge is 0.264 e. The molecule has 0 bridgehead atoms. The fourth-order valence-electron chi connectivity index (χ4n) is 3.76. The van der Waals surface area contributed by atoms with Crippen molar-refractivity contribution in [1.29, 1.82) is 0 Å². The fraction of sp³-hybridized carbons (Fsp3) is 0.261. The van der Waals surface area contributed by atoms with Gasteiger partial charge in [-0.05, 0) is 61.7 Å². The summed E-state index contributed by atoms with van der Waals surface area (Å²) < 4.78 is 33.7. The van der Waals surface area contributed by atoms with E-state index in [2.05, 4.69) is 0 Å². The number of furan rings is 1. The summed E-state index contributed by atoms with van der Waals surface area (Å²) in [6, 6.07) is 17.5. The molecule has 6 nitrogen and oxygen atoms in total. The Balaban J connectivity index is 1.61. The van der Waals surface area contributed by atoms with E-state index in [9.17, 15) is 13.2 Å². The molecule has 3 aromatic rings. The molecule has 0 N–H and O–H groups in total. The predicted octanol–water partition coefficient (Wildman–Crippen LogP) is 4.00. The number of benzene rings is 2. The third-order valence-corrected chi connectivity index (χ3v) is 7.08. The first-order valence-corrected chi connectivity index (χ1v) is 11.3. The number of carbonyl (C=O) groups excluding carboxylic acids is 1. The molecule has 30 heavy (non-hydrogen) atoms. The van der Waals surface area contributed by atoms with E-state index in [0.29, 0.717) is 30.1 Å². The van der Waals surface area contributed by atoms with Gasteiger partial charge in [0.2, 0.25) is 0 Å². The first-order valence-electron chi connectivity index (χ1n) is 9.88. The van der Waals surface area contributed by atoms with Crippen molar-refractivity contribution in [2.45, 2.75) is 31.2 Å². The number of para-hydroxylation sites is 1. The van der Waals surface area contributed by atoms with Gasteiger partial charge in [0.05, 0.1) is 17.1 Å². The van der Waals surface area contributed by atoms with Crippen LogP contribution in [0, 0.1) is 6.92 Å². The van der Waals surface area contributed by atoms with Crippen LogP contribution in [0.25, 0.3) is 0 Å². The van der Waals surface area contributed by atoms with E-state index in [1.165, 1.54) is 15.3 Å². The van der Waals surface area contributed by atoms with Gasteiger partial charge in [0.25, 0.3) is 15.9 Å². The van der Waals surface area contributed by atoms with Crippen LogP contribution in [0.5, 0.6) is 0 Å². The molecule has 2 aromatic carbocycles. The molecule has 1 amide bonds. The van der Waals surface area contributed by atoms with E-state index in [0.717, 1.165) is 24.2 Å². The van der Waals surface area contributed by atoms with Crippen LogP contribution in [0.15, 0.2) is 70.0 Å². The van der Waals surface area contributed by atoms with E-state index in [1.807, 2.05) is 43.3 Å². The molecule has 156 valence electrons. The highest BCUT2D eigenvalue weighted by Gasteiger charge is 2.29. The number of carbonyl (C=O) groups is 1. The minimum atomic E-state index is -3.77. The Hall–Kier alpha value is -3.06. The van der Waals surface area contributed by atoms with E-state index in [1.54, 1.807) is 25.2 Å². The van der Waals surface area contributed by atoms with Crippen molar-refractivity contribution in [3.8, 4) is 0 Å². The number of aryl methyl sites for hydroxylation is 2. The van der Waals surface area contributed by atoms with Crippen LogP contribution < -0.4 is 4.31 Å². The van der Waals surface area contributed by atoms with Crippen molar-refractivity contribution in [2.24, 2.45) is 0 Å². The Bertz CT molecular complexity index is 1180. The summed E-state index contributed by atoms with van der Waals surface area (Å²) in [5, 5.41) is 0. The summed E-state index contributed by atoms with van der Waals surface area (Å²) in [4.78, 5) is 14.5. The van der Waals surface area contributed by atoms with Crippen LogP contribution in [0.3, 0.4) is 0 Å². The second kappa shape index (κ2) is 7.99. The monoisotopic (exact) mass is 424 g/mol. The molecule has 0 aliphatic carbocycles. The van der Waals surface area contributed by atoms with Crippen molar-refractivity contribution in [1.82, 2.24) is 4.90 Å². The maximum absolute atomic E-state index is 13.4. The second-order valence-electron chi connectivity index (χ2n) is 7.51. The fourth-order valence-corrected chi connectivity index (χ4v) is 5.35. The minimum absolute atomic E-state index is 0.118. The zero-order valence-electron chi connectivity index (χ0n) is 17.0. The van der Waals surface area contributed by atoms with Gasteiger partial charge < -0.3 is 9.32 Å². The zero-order valence-corrected chi connectivity index (χ0v) is 17.9. The highest BCUT2D eigenvalue weighted by Crippen LogP contribution is 2.32. The molecule has 0 radical (unpaired) electrons. The number of anilines is 1. The Morgan fingerprint density at radius 2 is 1.90 bits per heavy atom. The Morgan fingerprint density at radius 3 is 2.67 bits per heavy atom. The third-order valence-electron chi connectivity index (χ3n) is 5.27. The summed E-state index contributed by atoms with van der Waals surface area (Å²) in [6.45, 7) is 2.58. The zero-order chi connectivity index (χ0) is 21.3. The van der Waals surface area contributed by atoms with Crippen molar-refractivity contribution in [2.75, 3.05) is 17.9 Å². The molecule has 1 aliphatic rings. The molecule has 0 unspecified atom stereocenters. The van der Waals surface area contributed by atoms with Crippen LogP contribution >= 0.6 is 0 Å². The summed E-state index contributed by atoms with van der Waals surface area (Å²) in [5.41, 5.74) is 2.06. The van der Waals surface area contributed by atoms with Gasteiger partial charge in [0.15, 0.2) is 0 Å². The summed E-state index contributed by atoms with van der Waals surface area (Å²) in [5.74, 6) is 1.19. The highest BCUT2D eigenvalue weighted by atomic mass is 32.2. The first-order chi connectivity index (χ1) is 14.4. The molecule has 1 aromatic heterocycles. The van der Waals surface area contributed by atoms with E-state index in [4.69, 9.17) is 4.42 Å². The normalized spacial score (nSPS) is 13.7. The van der Waals surface area contributed by atoms with Crippen molar-refractivity contribution < 1.29 is 17.6 Å². The summed E-state index contributed by atoms with van der Waals surface area (Å²) in [7, 11) is -2.10. The summed E-state index contributed by atoms with van der Waals surface area (Å²) in [6.07, 6.45) is 1.62. The molecule has 0 fully saturated rings. The van der Waals surface area contributed by atoms with Crippen molar-refractivity contribution in [3.05, 3.63) is 83.3 Å².